The molecule has 5 heteroatoms. The van der Waals surface area contributed by atoms with Gasteiger partial charge in [0.05, 0.1) is 17.4 Å². The standard InChI is InChI=1S/C9H19NO3S/c1-7-5-10(14(12,13)6-7)9(3,4)8(2)11/h7-8,11H,5-6H2,1-4H3. The number of aliphatic hydroxyl groups excluding tert-OH is 1. The van der Waals surface area contributed by atoms with E-state index in [4.69, 9.17) is 0 Å². The molecule has 1 rings (SSSR count). The van der Waals surface area contributed by atoms with Gasteiger partial charge in [0.15, 0.2) is 0 Å². The molecule has 1 aliphatic rings. The van der Waals surface area contributed by atoms with Crippen LogP contribution < -0.4 is 0 Å². The molecule has 0 bridgehead atoms. The summed E-state index contributed by atoms with van der Waals surface area (Å²) >= 11 is 0. The molecule has 84 valence electrons. The van der Waals surface area contributed by atoms with Crippen LogP contribution in [0.5, 0.6) is 0 Å². The fourth-order valence-corrected chi connectivity index (χ4v) is 4.06. The summed E-state index contributed by atoms with van der Waals surface area (Å²) in [5.41, 5.74) is -0.705. The lowest BCUT2D eigenvalue weighted by molar-refractivity contribution is 0.0484. The molecule has 1 fully saturated rings. The van der Waals surface area contributed by atoms with Gasteiger partial charge in [0.25, 0.3) is 0 Å². The minimum Gasteiger partial charge on any atom is -0.391 e. The van der Waals surface area contributed by atoms with E-state index in [1.54, 1.807) is 20.8 Å². The molecule has 14 heavy (non-hydrogen) atoms. The van der Waals surface area contributed by atoms with Crippen LogP contribution in [0.3, 0.4) is 0 Å². The summed E-state index contributed by atoms with van der Waals surface area (Å²) in [6.45, 7) is 7.56. The Balaban J connectivity index is 3.00. The van der Waals surface area contributed by atoms with Crippen LogP contribution in [0.25, 0.3) is 0 Å². The van der Waals surface area contributed by atoms with E-state index in [9.17, 15) is 13.5 Å². The highest BCUT2D eigenvalue weighted by atomic mass is 32.2. The van der Waals surface area contributed by atoms with E-state index in [-0.39, 0.29) is 11.7 Å². The van der Waals surface area contributed by atoms with Crippen LogP contribution >= 0.6 is 0 Å². The third kappa shape index (κ3) is 1.94. The summed E-state index contributed by atoms with van der Waals surface area (Å²) < 4.78 is 24.9. The lowest BCUT2D eigenvalue weighted by Gasteiger charge is -2.36. The maximum Gasteiger partial charge on any atom is 0.214 e. The number of hydrogen-bond donors (Lipinski definition) is 1. The first-order chi connectivity index (χ1) is 6.18. The fourth-order valence-electron chi connectivity index (χ4n) is 1.70. The molecule has 0 saturated carbocycles. The monoisotopic (exact) mass is 221 g/mol. The lowest BCUT2D eigenvalue weighted by atomic mass is 9.98. The summed E-state index contributed by atoms with van der Waals surface area (Å²) in [6.07, 6.45) is -0.664. The first-order valence-corrected chi connectivity index (χ1v) is 6.47. The van der Waals surface area contributed by atoms with E-state index in [1.807, 2.05) is 6.92 Å². The van der Waals surface area contributed by atoms with Crippen LogP contribution in [-0.4, -0.2) is 41.8 Å². The van der Waals surface area contributed by atoms with Crippen molar-refractivity contribution in [1.82, 2.24) is 4.31 Å². The summed E-state index contributed by atoms with van der Waals surface area (Å²) in [6, 6.07) is 0. The van der Waals surface area contributed by atoms with E-state index >= 15 is 0 Å². The first kappa shape index (κ1) is 11.9. The highest BCUT2D eigenvalue weighted by molar-refractivity contribution is 7.89. The smallest absolute Gasteiger partial charge is 0.214 e. The summed E-state index contributed by atoms with van der Waals surface area (Å²) in [4.78, 5) is 0. The molecule has 2 atom stereocenters. The van der Waals surface area contributed by atoms with Crippen molar-refractivity contribution in [1.29, 1.82) is 0 Å². The van der Waals surface area contributed by atoms with Crippen molar-refractivity contribution in [3.05, 3.63) is 0 Å². The van der Waals surface area contributed by atoms with Crippen molar-refractivity contribution in [2.75, 3.05) is 12.3 Å². The molecule has 1 saturated heterocycles. The third-order valence-electron chi connectivity index (χ3n) is 2.97. The third-order valence-corrected chi connectivity index (χ3v) is 5.26. The Morgan fingerprint density at radius 1 is 1.50 bits per heavy atom. The van der Waals surface area contributed by atoms with E-state index in [1.165, 1.54) is 4.31 Å². The molecule has 4 nitrogen and oxygen atoms in total. The molecule has 1 aliphatic heterocycles. The van der Waals surface area contributed by atoms with Gasteiger partial charge in [-0.25, -0.2) is 8.42 Å². The molecule has 1 N–H and O–H groups in total. The molecule has 2 unspecified atom stereocenters. The molecular formula is C9H19NO3S. The molecule has 0 aromatic rings. The maximum absolute atomic E-state index is 11.7. The Hall–Kier alpha value is -0.130. The van der Waals surface area contributed by atoms with Crippen molar-refractivity contribution >= 4 is 10.0 Å². The number of sulfonamides is 1. The molecule has 0 aliphatic carbocycles. The van der Waals surface area contributed by atoms with Gasteiger partial charge in [0.2, 0.25) is 10.0 Å². The van der Waals surface area contributed by atoms with Crippen molar-refractivity contribution in [2.24, 2.45) is 5.92 Å². The van der Waals surface area contributed by atoms with Crippen molar-refractivity contribution in [3.63, 3.8) is 0 Å². The van der Waals surface area contributed by atoms with Gasteiger partial charge in [0, 0.05) is 6.54 Å². The molecular weight excluding hydrogens is 202 g/mol. The second-order valence-corrected chi connectivity index (χ2v) is 6.68. The zero-order valence-electron chi connectivity index (χ0n) is 9.19. The highest BCUT2D eigenvalue weighted by Gasteiger charge is 2.44. The van der Waals surface area contributed by atoms with Gasteiger partial charge in [-0.2, -0.15) is 4.31 Å². The Morgan fingerprint density at radius 2 is 2.00 bits per heavy atom. The van der Waals surface area contributed by atoms with Gasteiger partial charge in [-0.1, -0.05) is 6.92 Å². The molecule has 0 aromatic carbocycles. The van der Waals surface area contributed by atoms with Gasteiger partial charge in [-0.15, -0.1) is 0 Å². The maximum atomic E-state index is 11.7. The van der Waals surface area contributed by atoms with E-state index < -0.39 is 21.7 Å². The SMILES string of the molecule is CC1CN(C(C)(C)C(C)O)S(=O)(=O)C1. The largest absolute Gasteiger partial charge is 0.391 e. The second-order valence-electron chi connectivity index (χ2n) is 4.74. The Labute approximate surface area is 86.0 Å². The normalized spacial score (nSPS) is 30.5. The Morgan fingerprint density at radius 3 is 2.29 bits per heavy atom. The van der Waals surface area contributed by atoms with Crippen LogP contribution in [-0.2, 0) is 10.0 Å². The zero-order chi connectivity index (χ0) is 11.1. The van der Waals surface area contributed by atoms with Crippen molar-refractivity contribution < 1.29 is 13.5 Å². The number of nitrogens with zero attached hydrogens (tertiary/aromatic N) is 1. The summed E-state index contributed by atoms with van der Waals surface area (Å²) in [5.74, 6) is 0.349. The highest BCUT2D eigenvalue weighted by Crippen LogP contribution is 2.30. The minimum atomic E-state index is -3.17. The van der Waals surface area contributed by atoms with Crippen LogP contribution in [0.1, 0.15) is 27.7 Å². The minimum absolute atomic E-state index is 0.151. The Kier molecular flexibility index (Phi) is 2.96. The average Bonchev–Trinajstić information content (AvgIpc) is 2.24. The quantitative estimate of drug-likeness (QED) is 0.735. The molecule has 1 heterocycles. The first-order valence-electron chi connectivity index (χ1n) is 4.86. The second kappa shape index (κ2) is 3.47. The Bertz CT molecular complexity index is 308. The van der Waals surface area contributed by atoms with E-state index in [2.05, 4.69) is 0 Å². The molecule has 0 amide bonds. The van der Waals surface area contributed by atoms with Gasteiger partial charge >= 0.3 is 0 Å². The number of rotatable bonds is 2. The van der Waals surface area contributed by atoms with Crippen molar-refractivity contribution in [2.45, 2.75) is 39.3 Å². The van der Waals surface area contributed by atoms with E-state index in [0.29, 0.717) is 6.54 Å². The number of hydrogen-bond acceptors (Lipinski definition) is 3. The predicted octanol–water partition coefficient (Wildman–Crippen LogP) is 0.427. The van der Waals surface area contributed by atoms with Gasteiger partial charge in [-0.3, -0.25) is 0 Å². The van der Waals surface area contributed by atoms with Crippen molar-refractivity contribution in [3.8, 4) is 0 Å². The van der Waals surface area contributed by atoms with Crippen LogP contribution in [0.15, 0.2) is 0 Å². The van der Waals surface area contributed by atoms with Crippen LogP contribution in [0.4, 0.5) is 0 Å². The topological polar surface area (TPSA) is 57.6 Å². The van der Waals surface area contributed by atoms with Gasteiger partial charge in [0.1, 0.15) is 0 Å². The predicted molar refractivity (Wildman–Crippen MR) is 55.4 cm³/mol. The number of aliphatic hydroxyl groups is 1. The summed E-state index contributed by atoms with van der Waals surface area (Å²) in [7, 11) is -3.17. The van der Waals surface area contributed by atoms with Crippen LogP contribution in [0.2, 0.25) is 0 Å². The van der Waals surface area contributed by atoms with Gasteiger partial charge < -0.3 is 5.11 Å². The summed E-state index contributed by atoms with van der Waals surface area (Å²) in [5, 5.41) is 9.55. The zero-order valence-corrected chi connectivity index (χ0v) is 10.0. The fraction of sp³-hybridized carbons (Fsp3) is 1.00. The molecule has 0 aromatic heterocycles. The van der Waals surface area contributed by atoms with E-state index in [0.717, 1.165) is 0 Å². The average molecular weight is 221 g/mol. The van der Waals surface area contributed by atoms with Gasteiger partial charge in [-0.05, 0) is 26.7 Å². The lowest BCUT2D eigenvalue weighted by Crippen LogP contribution is -2.52. The van der Waals surface area contributed by atoms with Crippen LogP contribution in [0, 0.1) is 5.92 Å². The molecule has 0 radical (unpaired) electrons. The molecule has 0 spiro atoms.